The summed E-state index contributed by atoms with van der Waals surface area (Å²) in [5.74, 6) is -0.296. The summed E-state index contributed by atoms with van der Waals surface area (Å²) in [6, 6.07) is 1.75. The Labute approximate surface area is 92.3 Å². The molecule has 1 aromatic rings. The van der Waals surface area contributed by atoms with Crippen LogP contribution in [0.2, 0.25) is 0 Å². The lowest BCUT2D eigenvalue weighted by atomic mass is 10.3. The maximum absolute atomic E-state index is 11.2. The number of ether oxygens (including phenoxy) is 1. The first-order valence-electron chi connectivity index (χ1n) is 4.00. The molecule has 74 valence electrons. The van der Waals surface area contributed by atoms with E-state index < -0.39 is 0 Å². The van der Waals surface area contributed by atoms with Crippen LogP contribution in [0.5, 0.6) is 0 Å². The van der Waals surface area contributed by atoms with Crippen LogP contribution < -0.4 is 0 Å². The first-order chi connectivity index (χ1) is 6.77. The first kappa shape index (κ1) is 11.6. The van der Waals surface area contributed by atoms with Crippen LogP contribution in [0.1, 0.15) is 22.2 Å². The van der Waals surface area contributed by atoms with Crippen LogP contribution in [0, 0.1) is 0 Å². The molecule has 0 atom stereocenters. The second-order valence-corrected chi connectivity index (χ2v) is 3.80. The Hall–Kier alpha value is -0.455. The van der Waals surface area contributed by atoms with Gasteiger partial charge in [0.2, 0.25) is 7.12 Å². The van der Waals surface area contributed by atoms with Crippen molar-refractivity contribution in [2.75, 3.05) is 6.61 Å². The van der Waals surface area contributed by atoms with E-state index in [9.17, 15) is 4.79 Å². The molecule has 6 heteroatoms. The van der Waals surface area contributed by atoms with Crippen LogP contribution in [0.3, 0.4) is 0 Å². The van der Waals surface area contributed by atoms with Gasteiger partial charge in [0.1, 0.15) is 0 Å². The summed E-state index contributed by atoms with van der Waals surface area (Å²) in [4.78, 5) is 12.2. The van der Waals surface area contributed by atoms with Gasteiger partial charge in [-0.15, -0.1) is 11.3 Å². The fraction of sp³-hybridized carbons (Fsp3) is 0.375. The third kappa shape index (κ3) is 3.36. The largest absolute Gasteiger partial charge is 0.462 e. The lowest BCUT2D eigenvalue weighted by Crippen LogP contribution is -2.02. The number of carbonyl (C=O) groups excluding carboxylic acids is 1. The van der Waals surface area contributed by atoms with Crippen molar-refractivity contribution < 1.29 is 13.7 Å². The van der Waals surface area contributed by atoms with Crippen LogP contribution in [0.15, 0.2) is 11.4 Å². The Morgan fingerprint density at radius 1 is 1.71 bits per heavy atom. The van der Waals surface area contributed by atoms with E-state index in [2.05, 4.69) is 0 Å². The van der Waals surface area contributed by atoms with Gasteiger partial charge in [0.15, 0.2) is 0 Å². The second-order valence-electron chi connectivity index (χ2n) is 2.38. The summed E-state index contributed by atoms with van der Waals surface area (Å²) < 4.78 is 9.77. The van der Waals surface area contributed by atoms with Crippen molar-refractivity contribution in [3.05, 3.63) is 21.9 Å². The zero-order chi connectivity index (χ0) is 10.4. The molecule has 0 saturated carbocycles. The zero-order valence-corrected chi connectivity index (χ0v) is 9.32. The van der Waals surface area contributed by atoms with Crippen molar-refractivity contribution in [2.45, 2.75) is 13.5 Å². The monoisotopic (exact) mass is 228 g/mol. The molecule has 0 N–H and O–H groups in total. The number of thiophene rings is 1. The molecule has 1 heterocycles. The van der Waals surface area contributed by atoms with E-state index in [0.717, 1.165) is 16.8 Å². The van der Waals surface area contributed by atoms with Crippen molar-refractivity contribution >= 4 is 36.3 Å². The number of rotatable bonds is 5. The highest BCUT2D eigenvalue weighted by Gasteiger charge is 2.08. The van der Waals surface area contributed by atoms with E-state index in [1.165, 1.54) is 11.3 Å². The van der Waals surface area contributed by atoms with E-state index in [0.29, 0.717) is 18.8 Å². The maximum Gasteiger partial charge on any atom is 0.338 e. The molecular formula is C8H9BO3S2. The van der Waals surface area contributed by atoms with Crippen molar-refractivity contribution in [1.82, 2.24) is 0 Å². The minimum atomic E-state index is -0.296. The van der Waals surface area contributed by atoms with Crippen molar-refractivity contribution in [1.29, 1.82) is 0 Å². The van der Waals surface area contributed by atoms with Gasteiger partial charge in [-0.3, -0.25) is 0 Å². The lowest BCUT2D eigenvalue weighted by molar-refractivity contribution is 0.0527. The van der Waals surface area contributed by atoms with Crippen LogP contribution in [-0.2, 0) is 15.5 Å². The topological polar surface area (TPSA) is 35.5 Å². The van der Waals surface area contributed by atoms with Crippen molar-refractivity contribution in [3.63, 3.8) is 0 Å². The molecule has 14 heavy (non-hydrogen) atoms. The van der Waals surface area contributed by atoms with E-state index >= 15 is 0 Å². The Morgan fingerprint density at radius 3 is 3.14 bits per heavy atom. The molecule has 0 fully saturated rings. The average molecular weight is 228 g/mol. The number of hydrogen-bond acceptors (Lipinski definition) is 5. The second kappa shape index (κ2) is 6.11. The van der Waals surface area contributed by atoms with Gasteiger partial charge in [-0.1, -0.05) is 11.9 Å². The molecular weight excluding hydrogens is 219 g/mol. The Morgan fingerprint density at radius 2 is 2.50 bits per heavy atom. The summed E-state index contributed by atoms with van der Waals surface area (Å²) in [5, 5.41) is 1.75. The highest BCUT2D eigenvalue weighted by atomic mass is 32.2. The van der Waals surface area contributed by atoms with Gasteiger partial charge in [0.25, 0.3) is 0 Å². The highest BCUT2D eigenvalue weighted by molar-refractivity contribution is 8.15. The standard InChI is InChI=1S/C8H9BO3S2/c1-2-11-8(10)6-3-7(13-5-6)4-12-14-9/h3,5H,2,4H2,1H3. The Balaban J connectivity index is 2.54. The van der Waals surface area contributed by atoms with Gasteiger partial charge in [-0.2, -0.15) is 0 Å². The molecule has 0 bridgehead atoms. The molecule has 1 rings (SSSR count). The van der Waals surface area contributed by atoms with Gasteiger partial charge in [0, 0.05) is 10.3 Å². The summed E-state index contributed by atoms with van der Waals surface area (Å²) >= 11 is 2.26. The normalized spacial score (nSPS) is 10.1. The summed E-state index contributed by atoms with van der Waals surface area (Å²) in [6.45, 7) is 2.57. The van der Waals surface area contributed by atoms with Crippen LogP contribution in [-0.4, -0.2) is 19.7 Å². The molecule has 0 aliphatic rings. The first-order valence-corrected chi connectivity index (χ1v) is 5.69. The number of esters is 1. The molecule has 0 aliphatic carbocycles. The van der Waals surface area contributed by atoms with Crippen LogP contribution in [0.25, 0.3) is 0 Å². The predicted molar refractivity (Wildman–Crippen MR) is 58.4 cm³/mol. The number of carbonyl (C=O) groups is 1. The molecule has 0 aromatic carbocycles. The van der Waals surface area contributed by atoms with Gasteiger partial charge in [-0.05, 0) is 13.0 Å². The molecule has 0 spiro atoms. The molecule has 2 radical (unpaired) electrons. The lowest BCUT2D eigenvalue weighted by Gasteiger charge is -1.97. The zero-order valence-electron chi connectivity index (χ0n) is 7.69. The minimum absolute atomic E-state index is 0.296. The van der Waals surface area contributed by atoms with Gasteiger partial charge < -0.3 is 8.92 Å². The smallest absolute Gasteiger partial charge is 0.338 e. The quantitative estimate of drug-likeness (QED) is 0.439. The summed E-state index contributed by atoms with van der Waals surface area (Å²) in [7, 11) is 5.10. The highest BCUT2D eigenvalue weighted by Crippen LogP contribution is 2.17. The van der Waals surface area contributed by atoms with Gasteiger partial charge >= 0.3 is 5.97 Å². The average Bonchev–Trinajstić information content (AvgIpc) is 2.63. The molecule has 0 saturated heterocycles. The van der Waals surface area contributed by atoms with E-state index in [1.807, 2.05) is 0 Å². The minimum Gasteiger partial charge on any atom is -0.462 e. The molecule has 0 amide bonds. The maximum atomic E-state index is 11.2. The van der Waals surface area contributed by atoms with Gasteiger partial charge in [-0.25, -0.2) is 4.79 Å². The van der Waals surface area contributed by atoms with E-state index in [-0.39, 0.29) is 5.97 Å². The third-order valence-electron chi connectivity index (χ3n) is 1.43. The van der Waals surface area contributed by atoms with Crippen LogP contribution in [0.4, 0.5) is 0 Å². The Bertz CT molecular complexity index is 301. The third-order valence-corrected chi connectivity index (χ3v) is 2.60. The molecule has 0 unspecified atom stereocenters. The predicted octanol–water partition coefficient (Wildman–Crippen LogP) is 2.17. The molecule has 1 aromatic heterocycles. The number of hydrogen-bond donors (Lipinski definition) is 0. The van der Waals surface area contributed by atoms with Crippen LogP contribution >= 0.6 is 23.2 Å². The summed E-state index contributed by atoms with van der Waals surface area (Å²) in [5.41, 5.74) is 0.567. The fourth-order valence-electron chi connectivity index (χ4n) is 0.870. The van der Waals surface area contributed by atoms with Crippen molar-refractivity contribution in [2.24, 2.45) is 0 Å². The van der Waals surface area contributed by atoms with E-state index in [1.54, 1.807) is 18.4 Å². The fourth-order valence-corrected chi connectivity index (χ4v) is 1.90. The molecule has 3 nitrogen and oxygen atoms in total. The Kier molecular flexibility index (Phi) is 5.07. The SMILES string of the molecule is [B]SOCc1cc(C(=O)OCC)cs1. The summed E-state index contributed by atoms with van der Waals surface area (Å²) in [6.07, 6.45) is 0. The van der Waals surface area contributed by atoms with Gasteiger partial charge in [0.05, 0.1) is 18.8 Å². The molecule has 0 aliphatic heterocycles. The van der Waals surface area contributed by atoms with E-state index in [4.69, 9.17) is 16.0 Å². The van der Waals surface area contributed by atoms with Crippen molar-refractivity contribution in [3.8, 4) is 0 Å².